The van der Waals surface area contributed by atoms with Crippen LogP contribution in [0, 0.1) is 0 Å². The second-order valence-corrected chi connectivity index (χ2v) is 8.34. The Kier molecular flexibility index (Phi) is 8.78. The maximum absolute atomic E-state index is 12.4. The standard InChI is InChI=1S/C26H28N4O2.2ClH/c1-32-24-10-6-9-20-15-22-18-29(13-14-30(22)25(20)24)12-5-4-11-27-26(31)23-16-19-7-2-3-8-21(19)17-28-23;;/h2-3,6-10,15-17H,4-5,11-14,18H2,1H3,(H,27,31);2*1H. The molecule has 0 atom stereocenters. The first-order valence-corrected chi connectivity index (χ1v) is 11.2. The minimum absolute atomic E-state index is 0. The highest BCUT2D eigenvalue weighted by Gasteiger charge is 2.20. The molecule has 2 aromatic carbocycles. The highest BCUT2D eigenvalue weighted by atomic mass is 35.5. The van der Waals surface area contributed by atoms with Gasteiger partial charge in [0.15, 0.2) is 0 Å². The van der Waals surface area contributed by atoms with Crippen LogP contribution in [0.15, 0.2) is 60.8 Å². The summed E-state index contributed by atoms with van der Waals surface area (Å²) < 4.78 is 7.96. The molecule has 4 aromatic rings. The Hall–Kier alpha value is -2.80. The van der Waals surface area contributed by atoms with Crippen molar-refractivity contribution in [2.24, 2.45) is 0 Å². The highest BCUT2D eigenvalue weighted by molar-refractivity contribution is 5.96. The van der Waals surface area contributed by atoms with Crippen LogP contribution in [0.25, 0.3) is 21.7 Å². The van der Waals surface area contributed by atoms with Gasteiger partial charge in [-0.2, -0.15) is 0 Å². The number of aromatic nitrogens is 2. The second kappa shape index (κ2) is 11.6. The Labute approximate surface area is 212 Å². The van der Waals surface area contributed by atoms with Gasteiger partial charge in [-0.25, -0.2) is 0 Å². The molecule has 3 heterocycles. The van der Waals surface area contributed by atoms with Crippen LogP contribution in [0.1, 0.15) is 29.0 Å². The number of unbranched alkanes of at least 4 members (excludes halogenated alkanes) is 1. The number of methoxy groups -OCH3 is 1. The van der Waals surface area contributed by atoms with Gasteiger partial charge in [-0.3, -0.25) is 14.7 Å². The van der Waals surface area contributed by atoms with Crippen LogP contribution in [0.5, 0.6) is 5.75 Å². The lowest BCUT2D eigenvalue weighted by Crippen LogP contribution is -2.34. The number of rotatable bonds is 7. The van der Waals surface area contributed by atoms with Crippen molar-refractivity contribution in [2.45, 2.75) is 25.9 Å². The summed E-state index contributed by atoms with van der Waals surface area (Å²) in [7, 11) is 1.73. The Bertz CT molecular complexity index is 1270. The summed E-state index contributed by atoms with van der Waals surface area (Å²) in [4.78, 5) is 19.2. The molecule has 0 unspecified atom stereocenters. The zero-order chi connectivity index (χ0) is 21.9. The van der Waals surface area contributed by atoms with Crippen molar-refractivity contribution in [3.05, 3.63) is 72.2 Å². The largest absolute Gasteiger partial charge is 0.495 e. The lowest BCUT2D eigenvalue weighted by molar-refractivity contribution is 0.0947. The summed E-state index contributed by atoms with van der Waals surface area (Å²) in [5, 5.41) is 6.33. The van der Waals surface area contributed by atoms with E-state index in [1.54, 1.807) is 13.3 Å². The van der Waals surface area contributed by atoms with Crippen molar-refractivity contribution in [1.82, 2.24) is 19.8 Å². The Morgan fingerprint density at radius 2 is 1.79 bits per heavy atom. The minimum atomic E-state index is -0.104. The zero-order valence-corrected chi connectivity index (χ0v) is 20.8. The fourth-order valence-corrected chi connectivity index (χ4v) is 4.60. The highest BCUT2D eigenvalue weighted by Crippen LogP contribution is 2.31. The molecule has 1 N–H and O–H groups in total. The molecule has 6 nitrogen and oxygen atoms in total. The molecule has 0 bridgehead atoms. The molecular weight excluding hydrogens is 471 g/mol. The van der Waals surface area contributed by atoms with E-state index in [0.29, 0.717) is 12.2 Å². The van der Waals surface area contributed by atoms with Crippen LogP contribution in [-0.4, -0.2) is 47.1 Å². The number of nitrogens with zero attached hydrogens (tertiary/aromatic N) is 3. The summed E-state index contributed by atoms with van der Waals surface area (Å²) in [6, 6.07) is 18.3. The van der Waals surface area contributed by atoms with Gasteiger partial charge in [-0.05, 0) is 43.0 Å². The third kappa shape index (κ3) is 5.30. The van der Waals surface area contributed by atoms with Crippen molar-refractivity contribution in [2.75, 3.05) is 26.7 Å². The first-order valence-electron chi connectivity index (χ1n) is 11.2. The van der Waals surface area contributed by atoms with Crippen LogP contribution in [0.3, 0.4) is 0 Å². The molecule has 0 spiro atoms. The first kappa shape index (κ1) is 25.8. The smallest absolute Gasteiger partial charge is 0.269 e. The number of benzene rings is 2. The van der Waals surface area contributed by atoms with Crippen LogP contribution < -0.4 is 10.1 Å². The summed E-state index contributed by atoms with van der Waals surface area (Å²) in [5.74, 6) is 0.839. The number of carbonyl (C=O) groups excluding carboxylic acids is 1. The first-order chi connectivity index (χ1) is 15.7. The van der Waals surface area contributed by atoms with E-state index < -0.39 is 0 Å². The number of nitrogens with one attached hydrogen (secondary N) is 1. The van der Waals surface area contributed by atoms with E-state index in [-0.39, 0.29) is 30.7 Å². The van der Waals surface area contributed by atoms with Gasteiger partial charge in [0, 0.05) is 48.8 Å². The minimum Gasteiger partial charge on any atom is -0.495 e. The second-order valence-electron chi connectivity index (χ2n) is 8.34. The summed E-state index contributed by atoms with van der Waals surface area (Å²) in [5.41, 5.74) is 3.02. The molecule has 2 aromatic heterocycles. The van der Waals surface area contributed by atoms with E-state index in [1.165, 1.54) is 16.6 Å². The topological polar surface area (TPSA) is 59.4 Å². The third-order valence-electron chi connectivity index (χ3n) is 6.26. The normalized spacial score (nSPS) is 13.1. The van der Waals surface area contributed by atoms with Gasteiger partial charge in [0.1, 0.15) is 11.4 Å². The molecule has 8 heteroatoms. The van der Waals surface area contributed by atoms with Gasteiger partial charge >= 0.3 is 0 Å². The molecule has 180 valence electrons. The van der Waals surface area contributed by atoms with Crippen molar-refractivity contribution >= 4 is 52.4 Å². The number of para-hydroxylation sites is 1. The molecule has 5 rings (SSSR count). The Morgan fingerprint density at radius 1 is 1.00 bits per heavy atom. The molecule has 1 aliphatic heterocycles. The average molecular weight is 501 g/mol. The van der Waals surface area contributed by atoms with Gasteiger partial charge in [-0.1, -0.05) is 36.4 Å². The Balaban J connectivity index is 0.00000162. The van der Waals surface area contributed by atoms with Crippen molar-refractivity contribution < 1.29 is 9.53 Å². The van der Waals surface area contributed by atoms with Gasteiger partial charge in [-0.15, -0.1) is 24.8 Å². The Morgan fingerprint density at radius 3 is 2.62 bits per heavy atom. The van der Waals surface area contributed by atoms with E-state index in [2.05, 4.69) is 31.9 Å². The van der Waals surface area contributed by atoms with Gasteiger partial charge < -0.3 is 14.6 Å². The van der Waals surface area contributed by atoms with Gasteiger partial charge in [0.05, 0.1) is 12.6 Å². The predicted octanol–water partition coefficient (Wildman–Crippen LogP) is 5.07. The molecule has 0 saturated carbocycles. The monoisotopic (exact) mass is 500 g/mol. The van der Waals surface area contributed by atoms with Gasteiger partial charge in [0.25, 0.3) is 5.91 Å². The summed E-state index contributed by atoms with van der Waals surface area (Å²) in [6.07, 6.45) is 3.76. The summed E-state index contributed by atoms with van der Waals surface area (Å²) in [6.45, 7) is 4.65. The summed E-state index contributed by atoms with van der Waals surface area (Å²) >= 11 is 0. The van der Waals surface area contributed by atoms with Crippen molar-refractivity contribution in [3.8, 4) is 5.75 Å². The number of halogens is 2. The maximum atomic E-state index is 12.4. The molecular formula is C26H30Cl2N4O2. The molecule has 0 saturated heterocycles. The third-order valence-corrected chi connectivity index (χ3v) is 6.26. The SMILES string of the molecule is COc1cccc2cc3n(c12)CCN(CCCCNC(=O)c1cc2ccccc2cn1)C3.Cl.Cl. The lowest BCUT2D eigenvalue weighted by atomic mass is 10.1. The predicted molar refractivity (Wildman–Crippen MR) is 142 cm³/mol. The van der Waals surface area contributed by atoms with Crippen LogP contribution in [-0.2, 0) is 13.1 Å². The fourth-order valence-electron chi connectivity index (χ4n) is 4.60. The number of hydrogen-bond donors (Lipinski definition) is 1. The number of carbonyl (C=O) groups is 1. The number of amides is 1. The van der Waals surface area contributed by atoms with Crippen LogP contribution in [0.4, 0.5) is 0 Å². The number of fused-ring (bicyclic) bond motifs is 4. The van der Waals surface area contributed by atoms with Crippen LogP contribution >= 0.6 is 24.8 Å². The van der Waals surface area contributed by atoms with Crippen molar-refractivity contribution in [3.63, 3.8) is 0 Å². The maximum Gasteiger partial charge on any atom is 0.269 e. The van der Waals surface area contributed by atoms with E-state index in [4.69, 9.17) is 4.74 Å². The molecule has 0 fully saturated rings. The van der Waals surface area contributed by atoms with Crippen molar-refractivity contribution in [1.29, 1.82) is 0 Å². The van der Waals surface area contributed by atoms with E-state index >= 15 is 0 Å². The number of hydrogen-bond acceptors (Lipinski definition) is 4. The van der Waals surface area contributed by atoms with Crippen LogP contribution in [0.2, 0.25) is 0 Å². The molecule has 1 amide bonds. The molecule has 1 aliphatic rings. The van der Waals surface area contributed by atoms with Gasteiger partial charge in [0.2, 0.25) is 0 Å². The fraction of sp³-hybridized carbons (Fsp3) is 0.308. The average Bonchev–Trinajstić information content (AvgIpc) is 3.21. The lowest BCUT2D eigenvalue weighted by Gasteiger charge is -2.29. The zero-order valence-electron chi connectivity index (χ0n) is 19.2. The number of ether oxygens (including phenoxy) is 1. The molecule has 0 aliphatic carbocycles. The molecule has 0 radical (unpaired) electrons. The van der Waals surface area contributed by atoms with E-state index in [0.717, 1.165) is 55.5 Å². The van der Waals surface area contributed by atoms with E-state index in [1.807, 2.05) is 42.5 Å². The number of pyridine rings is 1. The quantitative estimate of drug-likeness (QED) is 0.360. The van der Waals surface area contributed by atoms with E-state index in [9.17, 15) is 4.79 Å². The molecule has 34 heavy (non-hydrogen) atoms.